The van der Waals surface area contributed by atoms with Gasteiger partial charge in [-0.1, -0.05) is 47.9 Å². The van der Waals surface area contributed by atoms with Crippen molar-refractivity contribution >= 4 is 45.0 Å². The zero-order chi connectivity index (χ0) is 33.7. The Bertz CT molecular complexity index is 1990. The van der Waals surface area contributed by atoms with E-state index in [2.05, 4.69) is 32.0 Å². The number of carbonyl (C=O) groups excluding carboxylic acids is 1. The molecule has 1 amide bonds. The fourth-order valence-electron chi connectivity index (χ4n) is 8.13. The van der Waals surface area contributed by atoms with Crippen molar-refractivity contribution in [3.63, 3.8) is 0 Å². The summed E-state index contributed by atoms with van der Waals surface area (Å²) in [6, 6.07) is 11.1. The van der Waals surface area contributed by atoms with Gasteiger partial charge in [0.15, 0.2) is 5.82 Å². The van der Waals surface area contributed by atoms with Crippen molar-refractivity contribution in [2.24, 2.45) is 0 Å². The molecule has 4 aliphatic heterocycles. The molecular formula is C37H38ClF2N7O2. The van der Waals surface area contributed by atoms with Crippen molar-refractivity contribution in [2.75, 3.05) is 51.3 Å². The number of benzene rings is 2. The number of aromatic nitrogens is 3. The highest BCUT2D eigenvalue weighted by Crippen LogP contribution is 2.41. The summed E-state index contributed by atoms with van der Waals surface area (Å²) < 4.78 is 37.6. The lowest BCUT2D eigenvalue weighted by molar-refractivity contribution is -0.124. The SMILES string of the molecule is CN(c1nc(OCC23CCCN2C[C@H](F)C3)nc2c(F)c(-c3cccc4cccc(Cl)c34)ncc12)[C@@H]1CCN(C(=O)C#CC2CCCN2)C1. The zero-order valence-electron chi connectivity index (χ0n) is 27.4. The van der Waals surface area contributed by atoms with Crippen LogP contribution in [0.3, 0.4) is 0 Å². The summed E-state index contributed by atoms with van der Waals surface area (Å²) in [6.07, 6.45) is 5.57. The number of likely N-dealkylation sites (N-methyl/N-ethyl adjacent to an activating group) is 1. The number of halogens is 3. The van der Waals surface area contributed by atoms with Crippen LogP contribution < -0.4 is 15.0 Å². The van der Waals surface area contributed by atoms with E-state index >= 15 is 4.39 Å². The van der Waals surface area contributed by atoms with E-state index < -0.39 is 17.5 Å². The molecule has 254 valence electrons. The number of hydrogen-bond acceptors (Lipinski definition) is 8. The number of nitrogens with one attached hydrogen (secondary N) is 1. The Hall–Kier alpha value is -4.11. The van der Waals surface area contributed by atoms with Gasteiger partial charge in [-0.15, -0.1) is 0 Å². The number of amides is 1. The number of carbonyl (C=O) groups is 1. The van der Waals surface area contributed by atoms with Gasteiger partial charge in [-0.2, -0.15) is 9.97 Å². The molecule has 2 aromatic carbocycles. The molecule has 4 aliphatic rings. The van der Waals surface area contributed by atoms with Gasteiger partial charge in [0.1, 0.15) is 29.8 Å². The summed E-state index contributed by atoms with van der Waals surface area (Å²) in [7, 11) is 1.89. The summed E-state index contributed by atoms with van der Waals surface area (Å²) in [5.41, 5.74) is 0.316. The molecule has 1 N–H and O–H groups in total. The lowest BCUT2D eigenvalue weighted by Gasteiger charge is -2.31. The Balaban J connectivity index is 1.15. The van der Waals surface area contributed by atoms with Crippen LogP contribution in [-0.2, 0) is 4.79 Å². The molecule has 2 unspecified atom stereocenters. The highest BCUT2D eigenvalue weighted by atomic mass is 35.5. The number of ether oxygens (including phenoxy) is 1. The maximum absolute atomic E-state index is 16.8. The van der Waals surface area contributed by atoms with Gasteiger partial charge in [-0.25, -0.2) is 8.78 Å². The summed E-state index contributed by atoms with van der Waals surface area (Å²) in [4.78, 5) is 32.9. The first-order valence-corrected chi connectivity index (χ1v) is 17.5. The Morgan fingerprint density at radius 1 is 1.16 bits per heavy atom. The van der Waals surface area contributed by atoms with E-state index in [0.29, 0.717) is 59.7 Å². The van der Waals surface area contributed by atoms with Crippen LogP contribution in [-0.4, -0.2) is 101 Å². The molecule has 0 spiro atoms. The van der Waals surface area contributed by atoms with Crippen LogP contribution in [0.25, 0.3) is 32.9 Å². The number of rotatable bonds is 6. The van der Waals surface area contributed by atoms with Crippen LogP contribution in [0.1, 0.15) is 38.5 Å². The first kappa shape index (κ1) is 32.1. The molecule has 2 aromatic heterocycles. The first-order chi connectivity index (χ1) is 23.8. The number of hydrogen-bond donors (Lipinski definition) is 1. The number of fused-ring (bicyclic) bond motifs is 3. The summed E-state index contributed by atoms with van der Waals surface area (Å²) in [5, 5.41) is 5.78. The second-order valence-corrected chi connectivity index (χ2v) is 14.2. The molecule has 0 radical (unpaired) electrons. The Kier molecular flexibility index (Phi) is 8.50. The molecule has 0 aliphatic carbocycles. The van der Waals surface area contributed by atoms with E-state index in [1.807, 2.05) is 36.2 Å². The predicted molar refractivity (Wildman–Crippen MR) is 186 cm³/mol. The number of likely N-dealkylation sites (tertiary alicyclic amines) is 1. The largest absolute Gasteiger partial charge is 0.461 e. The molecule has 12 heteroatoms. The lowest BCUT2D eigenvalue weighted by atomic mass is 9.95. The highest BCUT2D eigenvalue weighted by molar-refractivity contribution is 6.36. The van der Waals surface area contributed by atoms with Crippen molar-refractivity contribution in [1.29, 1.82) is 0 Å². The average molecular weight is 686 g/mol. The van der Waals surface area contributed by atoms with Crippen LogP contribution in [0.5, 0.6) is 6.01 Å². The minimum atomic E-state index is -0.908. The molecule has 49 heavy (non-hydrogen) atoms. The normalized spacial score (nSPS) is 25.1. The van der Waals surface area contributed by atoms with E-state index in [1.54, 1.807) is 23.2 Å². The first-order valence-electron chi connectivity index (χ1n) is 17.1. The molecule has 4 saturated heterocycles. The van der Waals surface area contributed by atoms with E-state index in [0.717, 1.165) is 44.2 Å². The van der Waals surface area contributed by atoms with Gasteiger partial charge in [-0.3, -0.25) is 14.7 Å². The van der Waals surface area contributed by atoms with Gasteiger partial charge in [0.05, 0.1) is 17.0 Å². The Morgan fingerprint density at radius 3 is 2.86 bits per heavy atom. The zero-order valence-corrected chi connectivity index (χ0v) is 28.1. The van der Waals surface area contributed by atoms with E-state index in [9.17, 15) is 9.18 Å². The fourth-order valence-corrected chi connectivity index (χ4v) is 8.42. The van der Waals surface area contributed by atoms with Crippen LogP contribution in [0.15, 0.2) is 42.6 Å². The van der Waals surface area contributed by atoms with Crippen molar-refractivity contribution in [2.45, 2.75) is 62.3 Å². The van der Waals surface area contributed by atoms with Crippen molar-refractivity contribution in [3.8, 4) is 29.1 Å². The second kappa shape index (κ2) is 13.0. The third kappa shape index (κ3) is 5.94. The molecule has 8 rings (SSSR count). The number of pyridine rings is 1. The maximum Gasteiger partial charge on any atom is 0.319 e. The minimum absolute atomic E-state index is 0.0192. The third-order valence-electron chi connectivity index (χ3n) is 10.7. The van der Waals surface area contributed by atoms with Crippen LogP contribution in [0.4, 0.5) is 14.6 Å². The van der Waals surface area contributed by atoms with Gasteiger partial charge in [-0.05, 0) is 62.6 Å². The monoisotopic (exact) mass is 685 g/mol. The predicted octanol–water partition coefficient (Wildman–Crippen LogP) is 5.39. The minimum Gasteiger partial charge on any atom is -0.461 e. The molecule has 4 atom stereocenters. The Labute approximate surface area is 289 Å². The number of alkyl halides is 1. The van der Waals surface area contributed by atoms with Gasteiger partial charge in [0.2, 0.25) is 0 Å². The summed E-state index contributed by atoms with van der Waals surface area (Å²) in [6.45, 7) is 3.35. The molecule has 0 saturated carbocycles. The van der Waals surface area contributed by atoms with Crippen molar-refractivity contribution in [1.82, 2.24) is 30.1 Å². The molecular weight excluding hydrogens is 648 g/mol. The lowest BCUT2D eigenvalue weighted by Crippen LogP contribution is -2.43. The van der Waals surface area contributed by atoms with Crippen molar-refractivity contribution < 1.29 is 18.3 Å². The van der Waals surface area contributed by atoms with Crippen molar-refractivity contribution in [3.05, 3.63) is 53.4 Å². The summed E-state index contributed by atoms with van der Waals surface area (Å²) >= 11 is 6.62. The molecule has 0 bridgehead atoms. The Morgan fingerprint density at radius 2 is 2.02 bits per heavy atom. The average Bonchev–Trinajstić information content (AvgIpc) is 3.92. The molecule has 6 heterocycles. The van der Waals surface area contributed by atoms with E-state index in [-0.39, 0.29) is 41.8 Å². The van der Waals surface area contributed by atoms with E-state index in [4.69, 9.17) is 21.3 Å². The number of nitrogens with zero attached hydrogens (tertiary/aromatic N) is 6. The second-order valence-electron chi connectivity index (χ2n) is 13.7. The smallest absolute Gasteiger partial charge is 0.319 e. The van der Waals surface area contributed by atoms with Gasteiger partial charge in [0.25, 0.3) is 5.91 Å². The molecule has 9 nitrogen and oxygen atoms in total. The fraction of sp³-hybridized carbons (Fsp3) is 0.459. The standard InChI is InChI=1S/C37H38ClF2N7O2/c1-45(26-13-17-46(21-26)30(48)12-11-25-8-4-15-41-25)35-28-19-42-33(27-9-2-6-23-7-3-10-29(38)31(23)27)32(40)34(28)43-36(44-35)49-22-37-14-5-16-47(37)20-24(39)18-37/h2-3,6-7,9-10,19,24-26,41H,4-5,8,13-18,20-22H2,1H3/t24-,25?,26-,37?/m1/s1. The van der Waals surface area contributed by atoms with Crippen LogP contribution in [0.2, 0.25) is 5.02 Å². The number of anilines is 1. The molecule has 4 fully saturated rings. The highest BCUT2D eigenvalue weighted by Gasteiger charge is 2.49. The van der Waals surface area contributed by atoms with E-state index in [1.165, 1.54) is 0 Å². The van der Waals surface area contributed by atoms with Crippen LogP contribution in [0, 0.1) is 17.7 Å². The maximum atomic E-state index is 16.8. The van der Waals surface area contributed by atoms with Crippen LogP contribution >= 0.6 is 11.6 Å². The third-order valence-corrected chi connectivity index (χ3v) is 11.0. The molecule has 4 aromatic rings. The summed E-state index contributed by atoms with van der Waals surface area (Å²) in [5.74, 6) is 5.53. The van der Waals surface area contributed by atoms with Gasteiger partial charge in [0, 0.05) is 61.3 Å². The quantitative estimate of drug-likeness (QED) is 0.271. The van der Waals surface area contributed by atoms with Gasteiger partial charge < -0.3 is 19.9 Å². The van der Waals surface area contributed by atoms with Gasteiger partial charge >= 0.3 is 6.01 Å². The topological polar surface area (TPSA) is 86.7 Å².